The Balaban J connectivity index is 2.15. The number of pyridine rings is 1. The van der Waals surface area contributed by atoms with Gasteiger partial charge < -0.3 is 14.8 Å². The van der Waals surface area contributed by atoms with Crippen molar-refractivity contribution in [2.75, 3.05) is 26.4 Å². The number of nitrogens with zero attached hydrogens (tertiary/aromatic N) is 1. The number of ether oxygens (including phenoxy) is 2. The molecular weight excluding hydrogens is 252 g/mol. The van der Waals surface area contributed by atoms with Gasteiger partial charge in [-0.1, -0.05) is 27.2 Å². The molecule has 20 heavy (non-hydrogen) atoms. The standard InChI is InChI=1S/C16H28N2O2/c1-4-5-8-19-9-10-20-16-7-6-15(18-13-16)12-17-11-14(2)3/h6-7,13-14,17H,4-5,8-12H2,1-3H3. The van der Waals surface area contributed by atoms with Crippen molar-refractivity contribution < 1.29 is 9.47 Å². The molecule has 0 aliphatic heterocycles. The number of hydrogen-bond donors (Lipinski definition) is 1. The molecule has 0 radical (unpaired) electrons. The number of rotatable bonds is 11. The smallest absolute Gasteiger partial charge is 0.137 e. The van der Waals surface area contributed by atoms with E-state index in [1.165, 1.54) is 0 Å². The van der Waals surface area contributed by atoms with Crippen LogP contribution in [0.3, 0.4) is 0 Å². The average molecular weight is 280 g/mol. The lowest BCUT2D eigenvalue weighted by Gasteiger charge is -2.09. The third-order valence-corrected chi connectivity index (χ3v) is 2.79. The second kappa shape index (κ2) is 10.6. The lowest BCUT2D eigenvalue weighted by Crippen LogP contribution is -2.19. The van der Waals surface area contributed by atoms with Crippen LogP contribution in [0.1, 0.15) is 39.3 Å². The Labute approximate surface area is 122 Å². The molecule has 0 aromatic carbocycles. The fraction of sp³-hybridized carbons (Fsp3) is 0.688. The normalized spacial score (nSPS) is 11.0. The van der Waals surface area contributed by atoms with Gasteiger partial charge in [0.15, 0.2) is 0 Å². The Hall–Kier alpha value is -1.13. The first-order valence-corrected chi connectivity index (χ1v) is 7.58. The van der Waals surface area contributed by atoms with Gasteiger partial charge in [0, 0.05) is 13.2 Å². The fourth-order valence-electron chi connectivity index (χ4n) is 1.66. The molecule has 1 aromatic heterocycles. The molecule has 1 N–H and O–H groups in total. The summed E-state index contributed by atoms with van der Waals surface area (Å²) < 4.78 is 11.0. The van der Waals surface area contributed by atoms with Crippen LogP contribution in [0.4, 0.5) is 0 Å². The van der Waals surface area contributed by atoms with Crippen LogP contribution < -0.4 is 10.1 Å². The Kier molecular flexibility index (Phi) is 9.00. The van der Waals surface area contributed by atoms with Gasteiger partial charge in [0.2, 0.25) is 0 Å². The fourth-order valence-corrected chi connectivity index (χ4v) is 1.66. The van der Waals surface area contributed by atoms with Gasteiger partial charge in [-0.15, -0.1) is 0 Å². The van der Waals surface area contributed by atoms with E-state index in [1.807, 2.05) is 12.1 Å². The Morgan fingerprint density at radius 1 is 1.20 bits per heavy atom. The first-order valence-electron chi connectivity index (χ1n) is 7.58. The third-order valence-electron chi connectivity index (χ3n) is 2.79. The van der Waals surface area contributed by atoms with Crippen molar-refractivity contribution in [1.82, 2.24) is 10.3 Å². The molecule has 0 saturated carbocycles. The molecule has 0 unspecified atom stereocenters. The quantitative estimate of drug-likeness (QED) is 0.633. The van der Waals surface area contributed by atoms with Crippen LogP contribution in [0.2, 0.25) is 0 Å². The molecule has 0 aliphatic carbocycles. The molecule has 0 amide bonds. The van der Waals surface area contributed by atoms with E-state index in [4.69, 9.17) is 9.47 Å². The van der Waals surface area contributed by atoms with Gasteiger partial charge in [0.1, 0.15) is 12.4 Å². The summed E-state index contributed by atoms with van der Waals surface area (Å²) in [5.74, 6) is 1.46. The summed E-state index contributed by atoms with van der Waals surface area (Å²) in [6.07, 6.45) is 4.05. The number of aromatic nitrogens is 1. The maximum Gasteiger partial charge on any atom is 0.137 e. The lowest BCUT2D eigenvalue weighted by atomic mass is 10.2. The number of hydrogen-bond acceptors (Lipinski definition) is 4. The Morgan fingerprint density at radius 3 is 2.70 bits per heavy atom. The van der Waals surface area contributed by atoms with Crippen molar-refractivity contribution in [1.29, 1.82) is 0 Å². The van der Waals surface area contributed by atoms with Gasteiger partial charge >= 0.3 is 0 Å². The first-order chi connectivity index (χ1) is 9.72. The zero-order valence-electron chi connectivity index (χ0n) is 13.0. The molecule has 0 atom stereocenters. The van der Waals surface area contributed by atoms with E-state index >= 15 is 0 Å². The van der Waals surface area contributed by atoms with E-state index in [9.17, 15) is 0 Å². The zero-order chi connectivity index (χ0) is 14.6. The Bertz CT molecular complexity index is 339. The molecule has 4 heteroatoms. The SMILES string of the molecule is CCCCOCCOc1ccc(CNCC(C)C)nc1. The van der Waals surface area contributed by atoms with Gasteiger partial charge in [0.05, 0.1) is 18.5 Å². The molecule has 1 heterocycles. The summed E-state index contributed by atoms with van der Waals surface area (Å²) >= 11 is 0. The molecule has 114 valence electrons. The molecule has 1 aromatic rings. The van der Waals surface area contributed by atoms with Gasteiger partial charge in [0.25, 0.3) is 0 Å². The van der Waals surface area contributed by atoms with Gasteiger partial charge in [-0.25, -0.2) is 0 Å². The van der Waals surface area contributed by atoms with Crippen LogP contribution in [0.15, 0.2) is 18.3 Å². The van der Waals surface area contributed by atoms with E-state index in [1.54, 1.807) is 6.20 Å². The maximum atomic E-state index is 5.58. The highest BCUT2D eigenvalue weighted by atomic mass is 16.5. The van der Waals surface area contributed by atoms with Crippen LogP contribution in [-0.2, 0) is 11.3 Å². The predicted octanol–water partition coefficient (Wildman–Crippen LogP) is 3.02. The maximum absolute atomic E-state index is 5.58. The molecular formula is C16H28N2O2. The summed E-state index contributed by atoms with van der Waals surface area (Å²) in [5, 5.41) is 3.37. The second-order valence-electron chi connectivity index (χ2n) is 5.32. The van der Waals surface area contributed by atoms with Crippen molar-refractivity contribution >= 4 is 0 Å². The summed E-state index contributed by atoms with van der Waals surface area (Å²) in [7, 11) is 0. The van der Waals surface area contributed by atoms with E-state index in [0.717, 1.165) is 44.0 Å². The Morgan fingerprint density at radius 2 is 2.05 bits per heavy atom. The highest BCUT2D eigenvalue weighted by Gasteiger charge is 1.98. The lowest BCUT2D eigenvalue weighted by molar-refractivity contribution is 0.0979. The highest BCUT2D eigenvalue weighted by Crippen LogP contribution is 2.09. The van der Waals surface area contributed by atoms with Crippen molar-refractivity contribution in [2.45, 2.75) is 40.2 Å². The van der Waals surface area contributed by atoms with Crippen LogP contribution in [0.5, 0.6) is 5.75 Å². The van der Waals surface area contributed by atoms with Crippen molar-refractivity contribution in [3.8, 4) is 5.75 Å². The predicted molar refractivity (Wildman–Crippen MR) is 82.0 cm³/mol. The van der Waals surface area contributed by atoms with Gasteiger partial charge in [-0.05, 0) is 31.0 Å². The summed E-state index contributed by atoms with van der Waals surface area (Å²) in [6.45, 7) is 10.4. The molecule has 0 fully saturated rings. The van der Waals surface area contributed by atoms with Crippen LogP contribution in [0, 0.1) is 5.92 Å². The largest absolute Gasteiger partial charge is 0.490 e. The molecule has 0 aliphatic rings. The van der Waals surface area contributed by atoms with Crippen LogP contribution in [0.25, 0.3) is 0 Å². The molecule has 0 saturated heterocycles. The average Bonchev–Trinajstić information content (AvgIpc) is 2.44. The summed E-state index contributed by atoms with van der Waals surface area (Å²) in [5.41, 5.74) is 1.04. The molecule has 0 bridgehead atoms. The second-order valence-corrected chi connectivity index (χ2v) is 5.32. The van der Waals surface area contributed by atoms with Crippen molar-refractivity contribution in [3.05, 3.63) is 24.0 Å². The minimum Gasteiger partial charge on any atom is -0.490 e. The number of nitrogens with one attached hydrogen (secondary N) is 1. The number of unbranched alkanes of at least 4 members (excludes halogenated alkanes) is 1. The first kappa shape index (κ1) is 16.9. The van der Waals surface area contributed by atoms with Crippen LogP contribution in [-0.4, -0.2) is 31.3 Å². The van der Waals surface area contributed by atoms with E-state index < -0.39 is 0 Å². The minimum atomic E-state index is 0.580. The van der Waals surface area contributed by atoms with Crippen molar-refractivity contribution in [2.24, 2.45) is 5.92 Å². The monoisotopic (exact) mass is 280 g/mol. The molecule has 4 nitrogen and oxygen atoms in total. The highest BCUT2D eigenvalue weighted by molar-refractivity contribution is 5.19. The van der Waals surface area contributed by atoms with Crippen LogP contribution >= 0.6 is 0 Å². The van der Waals surface area contributed by atoms with E-state index in [0.29, 0.717) is 19.1 Å². The van der Waals surface area contributed by atoms with Gasteiger partial charge in [-0.2, -0.15) is 0 Å². The zero-order valence-corrected chi connectivity index (χ0v) is 13.0. The van der Waals surface area contributed by atoms with E-state index in [-0.39, 0.29) is 0 Å². The van der Waals surface area contributed by atoms with E-state index in [2.05, 4.69) is 31.1 Å². The van der Waals surface area contributed by atoms with Crippen molar-refractivity contribution in [3.63, 3.8) is 0 Å². The summed E-state index contributed by atoms with van der Waals surface area (Å²) in [4.78, 5) is 4.38. The third kappa shape index (κ3) is 8.12. The minimum absolute atomic E-state index is 0.580. The summed E-state index contributed by atoms with van der Waals surface area (Å²) in [6, 6.07) is 3.96. The topological polar surface area (TPSA) is 43.4 Å². The molecule has 0 spiro atoms. The molecule has 1 rings (SSSR count). The van der Waals surface area contributed by atoms with Gasteiger partial charge in [-0.3, -0.25) is 4.98 Å².